The van der Waals surface area contributed by atoms with E-state index in [9.17, 15) is 18.8 Å². The molecule has 0 N–H and O–H groups in total. The van der Waals surface area contributed by atoms with Crippen LogP contribution >= 0.6 is 11.3 Å². The summed E-state index contributed by atoms with van der Waals surface area (Å²) in [5, 5.41) is 5.29. The van der Waals surface area contributed by atoms with Crippen LogP contribution in [0, 0.1) is 12.7 Å². The van der Waals surface area contributed by atoms with Gasteiger partial charge in [-0.05, 0) is 37.6 Å². The number of benzene rings is 1. The molecule has 1 amide bonds. The molecule has 0 radical (unpaired) electrons. The van der Waals surface area contributed by atoms with E-state index in [0.29, 0.717) is 45.1 Å². The molecule has 212 valence electrons. The molecule has 1 aromatic carbocycles. The Kier molecular flexibility index (Phi) is 7.88. The minimum absolute atomic E-state index is 0.0750. The van der Waals surface area contributed by atoms with Gasteiger partial charge in [-0.3, -0.25) is 14.2 Å². The lowest BCUT2D eigenvalue weighted by molar-refractivity contribution is -0.129. The molecule has 0 aliphatic carbocycles. The van der Waals surface area contributed by atoms with Crippen molar-refractivity contribution in [3.05, 3.63) is 74.4 Å². The molecule has 0 spiro atoms. The van der Waals surface area contributed by atoms with Crippen LogP contribution in [0.5, 0.6) is 5.75 Å². The average Bonchev–Trinajstić information content (AvgIpc) is 3.66. The fourth-order valence-corrected chi connectivity index (χ4v) is 6.32. The number of fused-ring (bicyclic) bond motifs is 1. The summed E-state index contributed by atoms with van der Waals surface area (Å²) in [4.78, 5) is 42.9. The number of likely N-dealkylation sites (N-methyl/N-ethyl adjacent to an activating group) is 1. The number of hydrogen-bond acceptors (Lipinski definition) is 8. The molecule has 1 aliphatic heterocycles. The first-order valence-corrected chi connectivity index (χ1v) is 13.6. The molecule has 2 atom stereocenters. The van der Waals surface area contributed by atoms with Crippen LogP contribution < -0.4 is 16.0 Å². The highest BCUT2D eigenvalue weighted by molar-refractivity contribution is 7.21. The normalized spacial score (nSPS) is 16.3. The second-order valence-corrected chi connectivity index (χ2v) is 10.5. The summed E-state index contributed by atoms with van der Waals surface area (Å²) in [6.07, 6.45) is 2.86. The van der Waals surface area contributed by atoms with Gasteiger partial charge in [0.05, 0.1) is 32.3 Å². The van der Waals surface area contributed by atoms with Gasteiger partial charge < -0.3 is 19.1 Å². The molecule has 4 aromatic rings. The van der Waals surface area contributed by atoms with Gasteiger partial charge in [-0.1, -0.05) is 11.3 Å². The van der Waals surface area contributed by atoms with Gasteiger partial charge in [0.2, 0.25) is 5.91 Å². The second-order valence-electron chi connectivity index (χ2n) is 9.53. The predicted octanol–water partition coefficient (Wildman–Crippen LogP) is 2.67. The monoisotopic (exact) mass is 571 g/mol. The van der Waals surface area contributed by atoms with E-state index in [1.807, 2.05) is 0 Å². The molecular formula is C27H30FN5O6S. The molecule has 5 rings (SSSR count). The van der Waals surface area contributed by atoms with Crippen molar-refractivity contribution in [1.82, 2.24) is 23.8 Å². The number of rotatable bonds is 10. The molecule has 0 bridgehead atoms. The summed E-state index contributed by atoms with van der Waals surface area (Å²) < 4.78 is 35.3. The number of carbonyl (C=O) groups excluding carboxylic acids is 1. The van der Waals surface area contributed by atoms with Gasteiger partial charge in [-0.15, -0.1) is 0 Å². The number of likely N-dealkylation sites (tertiary alicyclic amines) is 1. The minimum atomic E-state index is -0.926. The number of amides is 1. The molecule has 0 saturated carbocycles. The Hall–Kier alpha value is -3.81. The number of nitrogens with zero attached hydrogens (tertiary/aromatic N) is 5. The molecule has 13 heteroatoms. The minimum Gasteiger partial charge on any atom is -0.496 e. The lowest BCUT2D eigenvalue weighted by atomic mass is 10.1. The van der Waals surface area contributed by atoms with Gasteiger partial charge in [0.1, 0.15) is 33.5 Å². The van der Waals surface area contributed by atoms with Gasteiger partial charge >= 0.3 is 5.69 Å². The van der Waals surface area contributed by atoms with Gasteiger partial charge in [0.25, 0.3) is 5.56 Å². The topological polar surface area (TPSA) is 110 Å². The van der Waals surface area contributed by atoms with E-state index in [1.54, 1.807) is 37.1 Å². The zero-order valence-corrected chi connectivity index (χ0v) is 23.4. The molecule has 3 aromatic heterocycles. The third kappa shape index (κ3) is 4.84. The maximum Gasteiger partial charge on any atom is 0.332 e. The van der Waals surface area contributed by atoms with Crippen LogP contribution in [0.3, 0.4) is 0 Å². The van der Waals surface area contributed by atoms with E-state index >= 15 is 0 Å². The fourth-order valence-electron chi connectivity index (χ4n) is 5.08. The van der Waals surface area contributed by atoms with Gasteiger partial charge in [-0.25, -0.2) is 18.4 Å². The largest absolute Gasteiger partial charge is 0.496 e. The molecule has 40 heavy (non-hydrogen) atoms. The van der Waals surface area contributed by atoms with Crippen molar-refractivity contribution >= 4 is 27.5 Å². The van der Waals surface area contributed by atoms with Crippen LogP contribution in [0.2, 0.25) is 0 Å². The Morgan fingerprint density at radius 1 is 1.20 bits per heavy atom. The molecule has 1 saturated heterocycles. The summed E-state index contributed by atoms with van der Waals surface area (Å²) in [5.74, 6) is -0.412. The number of ether oxygens (including phenoxy) is 3. The Bertz CT molecular complexity index is 1660. The third-order valence-electron chi connectivity index (χ3n) is 7.13. The number of carbonyl (C=O) groups is 1. The van der Waals surface area contributed by atoms with Crippen molar-refractivity contribution in [2.75, 3.05) is 41.0 Å². The van der Waals surface area contributed by atoms with E-state index in [-0.39, 0.29) is 25.7 Å². The first-order valence-electron chi connectivity index (χ1n) is 12.7. The lowest BCUT2D eigenvalue weighted by Crippen LogP contribution is -2.44. The number of aryl methyl sites for hydroxylation is 1. The van der Waals surface area contributed by atoms with Crippen LogP contribution in [0.1, 0.15) is 29.7 Å². The SMILES string of the molecule is COCCOC(Cn1c(=O)n(C2CCN(C)C2=O)c(=O)c2c(C)c(-n3cccn3)sc21)c1cc(F)ccc1OC. The van der Waals surface area contributed by atoms with E-state index in [0.717, 1.165) is 4.57 Å². The Morgan fingerprint density at radius 3 is 2.65 bits per heavy atom. The number of halogens is 1. The molecule has 11 nitrogen and oxygen atoms in total. The van der Waals surface area contributed by atoms with Crippen molar-refractivity contribution in [3.8, 4) is 10.8 Å². The summed E-state index contributed by atoms with van der Waals surface area (Å²) in [7, 11) is 4.65. The van der Waals surface area contributed by atoms with Crippen molar-refractivity contribution in [2.45, 2.75) is 32.0 Å². The zero-order chi connectivity index (χ0) is 28.6. The van der Waals surface area contributed by atoms with E-state index < -0.39 is 29.2 Å². The Morgan fingerprint density at radius 2 is 2.00 bits per heavy atom. The number of thiophene rings is 1. The van der Waals surface area contributed by atoms with Crippen LogP contribution in [0.25, 0.3) is 15.2 Å². The molecular weight excluding hydrogens is 541 g/mol. The number of aromatic nitrogens is 4. The smallest absolute Gasteiger partial charge is 0.332 e. The van der Waals surface area contributed by atoms with Gasteiger partial charge in [0.15, 0.2) is 0 Å². The van der Waals surface area contributed by atoms with Crippen molar-refractivity contribution in [2.24, 2.45) is 0 Å². The standard InChI is InChI=1S/C27H30FN5O6S/c1-16-22-24(35)33(19-8-11-30(2)23(19)34)27(36)31(26(22)40-25(16)32-10-5-9-29-32)15-21(39-13-12-37-3)18-14-17(28)6-7-20(18)38-4/h5-7,9-10,14,19,21H,8,11-13,15H2,1-4H3. The van der Waals surface area contributed by atoms with Gasteiger partial charge in [-0.2, -0.15) is 5.10 Å². The quantitative estimate of drug-likeness (QED) is 0.269. The van der Waals surface area contributed by atoms with Crippen LogP contribution in [-0.2, 0) is 20.8 Å². The Labute approximate surface area is 232 Å². The summed E-state index contributed by atoms with van der Waals surface area (Å²) in [5.41, 5.74) is -0.142. The molecule has 1 aliphatic rings. The molecule has 2 unspecified atom stereocenters. The summed E-state index contributed by atoms with van der Waals surface area (Å²) in [6, 6.07) is 4.91. The highest BCUT2D eigenvalue weighted by Gasteiger charge is 2.35. The van der Waals surface area contributed by atoms with E-state index in [1.165, 1.54) is 53.2 Å². The molecule has 1 fully saturated rings. The van der Waals surface area contributed by atoms with Gasteiger partial charge in [0, 0.05) is 44.2 Å². The van der Waals surface area contributed by atoms with Crippen molar-refractivity contribution < 1.29 is 23.4 Å². The zero-order valence-electron chi connectivity index (χ0n) is 22.6. The average molecular weight is 572 g/mol. The van der Waals surface area contributed by atoms with E-state index in [4.69, 9.17) is 14.2 Å². The highest BCUT2D eigenvalue weighted by atomic mass is 32.1. The van der Waals surface area contributed by atoms with Crippen LogP contribution in [0.15, 0.2) is 46.2 Å². The molecule has 4 heterocycles. The summed E-state index contributed by atoms with van der Waals surface area (Å²) in [6.45, 7) is 2.57. The number of methoxy groups -OCH3 is 2. The van der Waals surface area contributed by atoms with Crippen LogP contribution in [-0.4, -0.2) is 70.7 Å². The summed E-state index contributed by atoms with van der Waals surface area (Å²) >= 11 is 1.24. The van der Waals surface area contributed by atoms with Crippen molar-refractivity contribution in [1.29, 1.82) is 0 Å². The first kappa shape index (κ1) is 27.7. The maximum absolute atomic E-state index is 14.4. The maximum atomic E-state index is 14.4. The number of hydrogen-bond donors (Lipinski definition) is 0. The first-order chi connectivity index (χ1) is 19.3. The second kappa shape index (κ2) is 11.4. The predicted molar refractivity (Wildman–Crippen MR) is 147 cm³/mol. The van der Waals surface area contributed by atoms with E-state index in [2.05, 4.69) is 5.10 Å². The highest BCUT2D eigenvalue weighted by Crippen LogP contribution is 2.34. The third-order valence-corrected chi connectivity index (χ3v) is 8.44. The Balaban J connectivity index is 1.75. The lowest BCUT2D eigenvalue weighted by Gasteiger charge is -2.23. The fraction of sp³-hybridized carbons (Fsp3) is 0.407. The van der Waals surface area contributed by atoms with Crippen LogP contribution in [0.4, 0.5) is 4.39 Å². The van der Waals surface area contributed by atoms with Crippen molar-refractivity contribution in [3.63, 3.8) is 0 Å².